The molecule has 0 radical (unpaired) electrons. The van der Waals surface area contributed by atoms with Gasteiger partial charge in [0, 0.05) is 32.9 Å². The van der Waals surface area contributed by atoms with E-state index in [0.29, 0.717) is 0 Å². The topological polar surface area (TPSA) is 23.0 Å². The summed E-state index contributed by atoms with van der Waals surface area (Å²) < 4.78 is 11.7. The highest BCUT2D eigenvalue weighted by Crippen LogP contribution is 2.44. The van der Waals surface area contributed by atoms with E-state index in [1.165, 1.54) is 21.9 Å². The van der Waals surface area contributed by atoms with Crippen LogP contribution >= 0.6 is 0 Å². The molecule has 0 saturated heterocycles. The lowest BCUT2D eigenvalue weighted by atomic mass is 10.1. The summed E-state index contributed by atoms with van der Waals surface area (Å²) in [5.41, 5.74) is 10.9. The van der Waals surface area contributed by atoms with Crippen LogP contribution in [0.3, 0.4) is 0 Å². The first-order valence-corrected chi connectivity index (χ1v) is 14.0. The highest BCUT2D eigenvalue weighted by Gasteiger charge is 2.23. The molecule has 0 aliphatic heterocycles. The summed E-state index contributed by atoms with van der Waals surface area (Å²) in [6.07, 6.45) is 0. The van der Waals surface area contributed by atoms with Gasteiger partial charge in [-0.3, -0.25) is 0 Å². The molecule has 3 nitrogen and oxygen atoms in total. The van der Waals surface area contributed by atoms with Crippen molar-refractivity contribution in [2.75, 3.05) is 0 Å². The number of benzene rings is 6. The molecule has 3 heteroatoms. The average Bonchev–Trinajstić information content (AvgIpc) is 3.69. The quantitative estimate of drug-likeness (QED) is 0.225. The molecule has 9 rings (SSSR count). The van der Waals surface area contributed by atoms with Gasteiger partial charge >= 0.3 is 0 Å². The van der Waals surface area contributed by atoms with Crippen molar-refractivity contribution in [2.45, 2.75) is 0 Å². The van der Waals surface area contributed by atoms with E-state index < -0.39 is 0 Å². The highest BCUT2D eigenvalue weighted by atomic mass is 16.3. The summed E-state index contributed by atoms with van der Waals surface area (Å²) >= 11 is 0. The third kappa shape index (κ3) is 3.14. The van der Waals surface area contributed by atoms with Gasteiger partial charge in [0.15, 0.2) is 11.2 Å². The number of hydrogen-bond acceptors (Lipinski definition) is 1. The second-order valence-electron chi connectivity index (χ2n) is 10.6. The van der Waals surface area contributed by atoms with Crippen molar-refractivity contribution in [3.05, 3.63) is 146 Å². The van der Waals surface area contributed by atoms with Crippen LogP contribution in [0.5, 0.6) is 0 Å². The predicted octanol–water partition coefficient (Wildman–Crippen LogP) is 10.3. The number of furan rings is 1. The maximum atomic E-state index is 6.95. The molecule has 3 aromatic heterocycles. The van der Waals surface area contributed by atoms with E-state index in [9.17, 15) is 0 Å². The van der Waals surface area contributed by atoms with E-state index in [0.717, 1.165) is 55.4 Å². The van der Waals surface area contributed by atoms with Crippen molar-refractivity contribution >= 4 is 54.8 Å². The van der Waals surface area contributed by atoms with Gasteiger partial charge in [-0.05, 0) is 59.7 Å². The van der Waals surface area contributed by atoms with E-state index in [2.05, 4.69) is 155 Å². The van der Waals surface area contributed by atoms with Crippen LogP contribution in [0.1, 0.15) is 0 Å². The molecular weight excluding hydrogens is 500 g/mol. The molecule has 0 aliphatic carbocycles. The Hall–Kier alpha value is -5.54. The van der Waals surface area contributed by atoms with Gasteiger partial charge in [-0.15, -0.1) is 0 Å². The highest BCUT2D eigenvalue weighted by molar-refractivity contribution is 6.24. The third-order valence-electron chi connectivity index (χ3n) is 8.30. The van der Waals surface area contributed by atoms with Crippen molar-refractivity contribution in [2.24, 2.45) is 0 Å². The van der Waals surface area contributed by atoms with E-state index in [4.69, 9.17) is 4.42 Å². The van der Waals surface area contributed by atoms with Crippen molar-refractivity contribution < 1.29 is 4.42 Å². The number of para-hydroxylation sites is 3. The predicted molar refractivity (Wildman–Crippen MR) is 170 cm³/mol. The molecule has 6 aromatic carbocycles. The Kier molecular flexibility index (Phi) is 4.61. The molecule has 0 fully saturated rings. The Morgan fingerprint density at radius 1 is 0.366 bits per heavy atom. The zero-order chi connectivity index (χ0) is 26.9. The van der Waals surface area contributed by atoms with Gasteiger partial charge in [0.25, 0.3) is 0 Å². The minimum Gasteiger partial charge on any atom is -0.451 e. The number of nitrogens with zero attached hydrogens (tertiary/aromatic N) is 2. The van der Waals surface area contributed by atoms with E-state index in [-0.39, 0.29) is 0 Å². The normalized spacial score (nSPS) is 11.9. The second-order valence-corrected chi connectivity index (χ2v) is 10.6. The van der Waals surface area contributed by atoms with Crippen molar-refractivity contribution in [1.29, 1.82) is 0 Å². The zero-order valence-electron chi connectivity index (χ0n) is 22.2. The Morgan fingerprint density at radius 3 is 1.71 bits per heavy atom. The Labute approximate surface area is 236 Å². The molecule has 0 saturated carbocycles. The minimum absolute atomic E-state index is 0.907. The van der Waals surface area contributed by atoms with Gasteiger partial charge in [0.1, 0.15) is 5.52 Å². The maximum Gasteiger partial charge on any atom is 0.161 e. The molecule has 0 spiro atoms. The van der Waals surface area contributed by atoms with E-state index in [1.807, 2.05) is 0 Å². The van der Waals surface area contributed by atoms with Gasteiger partial charge < -0.3 is 13.6 Å². The van der Waals surface area contributed by atoms with Crippen molar-refractivity contribution in [3.8, 4) is 22.5 Å². The lowest BCUT2D eigenvalue weighted by molar-refractivity contribution is 0.675. The molecule has 0 amide bonds. The number of rotatable bonds is 3. The number of aromatic nitrogens is 2. The molecule has 0 bridgehead atoms. The van der Waals surface area contributed by atoms with Crippen LogP contribution < -0.4 is 0 Å². The van der Waals surface area contributed by atoms with Gasteiger partial charge in [-0.25, -0.2) is 0 Å². The van der Waals surface area contributed by atoms with Gasteiger partial charge in [-0.1, -0.05) is 97.1 Å². The Morgan fingerprint density at radius 2 is 0.902 bits per heavy atom. The second kappa shape index (κ2) is 8.48. The van der Waals surface area contributed by atoms with Crippen LogP contribution in [0, 0.1) is 0 Å². The fourth-order valence-electron chi connectivity index (χ4n) is 6.54. The first kappa shape index (κ1) is 22.3. The van der Waals surface area contributed by atoms with E-state index >= 15 is 0 Å². The summed E-state index contributed by atoms with van der Waals surface area (Å²) in [7, 11) is 0. The van der Waals surface area contributed by atoms with E-state index in [1.54, 1.807) is 0 Å². The van der Waals surface area contributed by atoms with Crippen LogP contribution in [-0.4, -0.2) is 9.13 Å². The Bertz CT molecular complexity index is 2410. The molecule has 9 aromatic rings. The summed E-state index contributed by atoms with van der Waals surface area (Å²) in [5, 5.41) is 4.62. The molecule has 41 heavy (non-hydrogen) atoms. The summed E-state index contributed by atoms with van der Waals surface area (Å²) in [4.78, 5) is 0. The summed E-state index contributed by atoms with van der Waals surface area (Å²) in [6, 6.07) is 51.6. The summed E-state index contributed by atoms with van der Waals surface area (Å²) in [6.45, 7) is 0. The fourth-order valence-corrected chi connectivity index (χ4v) is 6.54. The van der Waals surface area contributed by atoms with Crippen LogP contribution in [0.4, 0.5) is 0 Å². The van der Waals surface area contributed by atoms with Crippen LogP contribution in [0.2, 0.25) is 0 Å². The fraction of sp³-hybridized carbons (Fsp3) is 0. The van der Waals surface area contributed by atoms with Crippen LogP contribution in [-0.2, 0) is 0 Å². The van der Waals surface area contributed by atoms with Crippen LogP contribution in [0.15, 0.2) is 150 Å². The SMILES string of the molecule is c1ccc(-c2cccc(-n3c4ccccc4c4ccc5c(oc6c7ccccc7n(-c7ccccc7)c56)c43)c2)cc1. The monoisotopic (exact) mass is 524 g/mol. The van der Waals surface area contributed by atoms with Crippen molar-refractivity contribution in [1.82, 2.24) is 9.13 Å². The molecule has 192 valence electrons. The van der Waals surface area contributed by atoms with Crippen LogP contribution in [0.25, 0.3) is 77.3 Å². The van der Waals surface area contributed by atoms with Gasteiger partial charge in [-0.2, -0.15) is 0 Å². The minimum atomic E-state index is 0.907. The number of fused-ring (bicyclic) bond motifs is 9. The smallest absolute Gasteiger partial charge is 0.161 e. The number of hydrogen-bond donors (Lipinski definition) is 0. The molecule has 3 heterocycles. The van der Waals surface area contributed by atoms with Crippen molar-refractivity contribution in [3.63, 3.8) is 0 Å². The maximum absolute atomic E-state index is 6.95. The Balaban J connectivity index is 1.43. The molecular formula is C38H24N2O. The first-order chi connectivity index (χ1) is 20.4. The largest absolute Gasteiger partial charge is 0.451 e. The standard InChI is InChI=1S/C38H24N2O/c1-3-12-25(13-4-1)26-14-11-17-28(24-26)40-33-20-9-7-18-29(33)30-22-23-32-36-37(41-38(32)35(30)40)31-19-8-10-21-34(31)39(36)27-15-5-2-6-16-27/h1-24H. The summed E-state index contributed by atoms with van der Waals surface area (Å²) in [5.74, 6) is 0. The molecule has 0 N–H and O–H groups in total. The van der Waals surface area contributed by atoms with Gasteiger partial charge in [0.2, 0.25) is 0 Å². The lowest BCUT2D eigenvalue weighted by Gasteiger charge is -2.11. The third-order valence-corrected chi connectivity index (χ3v) is 8.30. The lowest BCUT2D eigenvalue weighted by Crippen LogP contribution is -1.95. The molecule has 0 atom stereocenters. The first-order valence-electron chi connectivity index (χ1n) is 14.0. The zero-order valence-corrected chi connectivity index (χ0v) is 22.2. The molecule has 0 unspecified atom stereocenters. The van der Waals surface area contributed by atoms with Gasteiger partial charge in [0.05, 0.1) is 16.6 Å². The average molecular weight is 525 g/mol. The molecule has 0 aliphatic rings.